The highest BCUT2D eigenvalue weighted by Gasteiger charge is 2.23. The number of nitrogens with zero attached hydrogens (tertiary/aromatic N) is 3. The molecule has 6 nitrogen and oxygen atoms in total. The molecule has 138 valence electrons. The maximum Gasteiger partial charge on any atom is 0.254 e. The van der Waals surface area contributed by atoms with Crippen LogP contribution in [0.25, 0.3) is 0 Å². The van der Waals surface area contributed by atoms with Crippen molar-refractivity contribution >= 4 is 17.5 Å². The molecule has 0 atom stereocenters. The van der Waals surface area contributed by atoms with Crippen LogP contribution in [0, 0.1) is 6.92 Å². The van der Waals surface area contributed by atoms with Crippen LogP contribution in [0.15, 0.2) is 18.2 Å². The molecule has 0 aliphatic carbocycles. The quantitative estimate of drug-likeness (QED) is 0.822. The van der Waals surface area contributed by atoms with Crippen LogP contribution in [0.4, 0.5) is 5.69 Å². The van der Waals surface area contributed by atoms with Gasteiger partial charge in [0.2, 0.25) is 5.91 Å². The van der Waals surface area contributed by atoms with E-state index in [9.17, 15) is 9.59 Å². The number of anilines is 1. The first-order valence-electron chi connectivity index (χ1n) is 9.11. The van der Waals surface area contributed by atoms with Gasteiger partial charge in [0.1, 0.15) is 0 Å². The van der Waals surface area contributed by atoms with Gasteiger partial charge >= 0.3 is 0 Å². The number of likely N-dealkylation sites (N-methyl/N-ethyl adjacent to an activating group) is 1. The second kappa shape index (κ2) is 8.85. The van der Waals surface area contributed by atoms with Gasteiger partial charge in [-0.25, -0.2) is 0 Å². The predicted molar refractivity (Wildman–Crippen MR) is 100 cm³/mol. The molecule has 6 heteroatoms. The number of hydrogen-bond donors (Lipinski definition) is 1. The van der Waals surface area contributed by atoms with Crippen LogP contribution in [0.5, 0.6) is 0 Å². The summed E-state index contributed by atoms with van der Waals surface area (Å²) in [5.41, 5.74) is 8.06. The lowest BCUT2D eigenvalue weighted by Gasteiger charge is -2.25. The van der Waals surface area contributed by atoms with Crippen molar-refractivity contribution in [1.29, 1.82) is 0 Å². The van der Waals surface area contributed by atoms with E-state index < -0.39 is 0 Å². The van der Waals surface area contributed by atoms with E-state index in [1.165, 1.54) is 0 Å². The van der Waals surface area contributed by atoms with E-state index in [4.69, 9.17) is 5.73 Å². The topological polar surface area (TPSA) is 69.9 Å². The molecule has 2 rings (SSSR count). The summed E-state index contributed by atoms with van der Waals surface area (Å²) in [5, 5.41) is 0. The van der Waals surface area contributed by atoms with Gasteiger partial charge in [0.25, 0.3) is 5.91 Å². The molecule has 1 aliphatic heterocycles. The number of hydrogen-bond acceptors (Lipinski definition) is 4. The van der Waals surface area contributed by atoms with Crippen molar-refractivity contribution in [3.8, 4) is 0 Å². The summed E-state index contributed by atoms with van der Waals surface area (Å²) < 4.78 is 0. The number of nitrogens with two attached hydrogens (primary N) is 1. The van der Waals surface area contributed by atoms with Crippen molar-refractivity contribution in [1.82, 2.24) is 14.7 Å². The van der Waals surface area contributed by atoms with Crippen molar-refractivity contribution in [3.63, 3.8) is 0 Å². The molecule has 1 fully saturated rings. The fourth-order valence-corrected chi connectivity index (χ4v) is 3.24. The minimum Gasteiger partial charge on any atom is -0.399 e. The van der Waals surface area contributed by atoms with Crippen LogP contribution in [0.2, 0.25) is 0 Å². The molecule has 0 spiro atoms. The van der Waals surface area contributed by atoms with Crippen LogP contribution in [0.1, 0.15) is 36.2 Å². The summed E-state index contributed by atoms with van der Waals surface area (Å²) >= 11 is 0. The van der Waals surface area contributed by atoms with E-state index in [1.807, 2.05) is 42.7 Å². The van der Waals surface area contributed by atoms with Gasteiger partial charge in [0.05, 0.1) is 6.54 Å². The lowest BCUT2D eigenvalue weighted by Crippen LogP contribution is -2.42. The molecule has 0 radical (unpaired) electrons. The van der Waals surface area contributed by atoms with E-state index in [1.54, 1.807) is 6.07 Å². The van der Waals surface area contributed by atoms with Gasteiger partial charge in [-0.15, -0.1) is 0 Å². The molecule has 2 amide bonds. The maximum absolute atomic E-state index is 12.8. The number of carbonyl (C=O) groups is 2. The Morgan fingerprint density at radius 2 is 1.84 bits per heavy atom. The maximum atomic E-state index is 12.8. The molecule has 1 saturated heterocycles. The van der Waals surface area contributed by atoms with Crippen molar-refractivity contribution in [3.05, 3.63) is 29.3 Å². The molecule has 0 aromatic heterocycles. The molecular weight excluding hydrogens is 316 g/mol. The Hall–Kier alpha value is -2.08. The second-order valence-corrected chi connectivity index (χ2v) is 6.56. The normalized spacial score (nSPS) is 15.7. The Morgan fingerprint density at radius 1 is 1.12 bits per heavy atom. The lowest BCUT2D eigenvalue weighted by molar-refractivity contribution is -0.132. The van der Waals surface area contributed by atoms with E-state index in [0.717, 1.165) is 38.2 Å². The van der Waals surface area contributed by atoms with Gasteiger partial charge in [-0.3, -0.25) is 14.5 Å². The zero-order chi connectivity index (χ0) is 18.4. The van der Waals surface area contributed by atoms with Gasteiger partial charge < -0.3 is 15.5 Å². The third-order valence-electron chi connectivity index (χ3n) is 4.84. The Balaban J connectivity index is 1.98. The molecule has 1 aromatic rings. The molecule has 1 aliphatic rings. The first kappa shape index (κ1) is 19.2. The van der Waals surface area contributed by atoms with Crippen LogP contribution < -0.4 is 5.73 Å². The monoisotopic (exact) mass is 346 g/mol. The molecule has 25 heavy (non-hydrogen) atoms. The highest BCUT2D eigenvalue weighted by Crippen LogP contribution is 2.16. The highest BCUT2D eigenvalue weighted by molar-refractivity contribution is 5.96. The van der Waals surface area contributed by atoms with E-state index >= 15 is 0 Å². The van der Waals surface area contributed by atoms with Gasteiger partial charge in [-0.05, 0) is 44.9 Å². The first-order chi connectivity index (χ1) is 12.0. The van der Waals surface area contributed by atoms with E-state index in [0.29, 0.717) is 30.9 Å². The summed E-state index contributed by atoms with van der Waals surface area (Å²) in [7, 11) is 0. The second-order valence-electron chi connectivity index (χ2n) is 6.56. The first-order valence-corrected chi connectivity index (χ1v) is 9.11. The molecule has 2 N–H and O–H groups in total. The Morgan fingerprint density at radius 3 is 2.52 bits per heavy atom. The summed E-state index contributed by atoms with van der Waals surface area (Å²) in [6.45, 7) is 10.7. The molecule has 1 heterocycles. The summed E-state index contributed by atoms with van der Waals surface area (Å²) in [5.74, 6) is 0.193. The lowest BCUT2D eigenvalue weighted by atomic mass is 10.1. The van der Waals surface area contributed by atoms with Crippen LogP contribution in [-0.2, 0) is 4.79 Å². The average Bonchev–Trinajstić information content (AvgIpc) is 2.83. The van der Waals surface area contributed by atoms with Gasteiger partial charge in [-0.2, -0.15) is 0 Å². The Kier molecular flexibility index (Phi) is 6.82. The van der Waals surface area contributed by atoms with Crippen molar-refractivity contribution in [2.45, 2.75) is 27.2 Å². The summed E-state index contributed by atoms with van der Waals surface area (Å²) in [6, 6.07) is 5.45. The SMILES string of the molecule is CCN(CC)C(=O)CN1CCCN(C(=O)c2cc(N)ccc2C)CC1. The number of rotatable bonds is 5. The zero-order valence-electron chi connectivity index (χ0n) is 15.6. The minimum absolute atomic E-state index is 0.0294. The van der Waals surface area contributed by atoms with Crippen LogP contribution in [-0.4, -0.2) is 72.3 Å². The Bertz CT molecular complexity index is 613. The number of benzene rings is 1. The highest BCUT2D eigenvalue weighted by atomic mass is 16.2. The number of nitrogen functional groups attached to an aromatic ring is 1. The van der Waals surface area contributed by atoms with Gasteiger partial charge in [-0.1, -0.05) is 6.07 Å². The van der Waals surface area contributed by atoms with Crippen LogP contribution in [0.3, 0.4) is 0 Å². The largest absolute Gasteiger partial charge is 0.399 e. The predicted octanol–water partition coefficient (Wildman–Crippen LogP) is 1.59. The molecule has 1 aromatic carbocycles. The van der Waals surface area contributed by atoms with Gasteiger partial charge in [0.15, 0.2) is 0 Å². The van der Waals surface area contributed by atoms with Crippen molar-refractivity contribution in [2.75, 3.05) is 51.5 Å². The van der Waals surface area contributed by atoms with E-state index in [2.05, 4.69) is 4.90 Å². The number of aryl methyl sites for hydroxylation is 1. The third-order valence-corrected chi connectivity index (χ3v) is 4.84. The molecule has 0 saturated carbocycles. The van der Waals surface area contributed by atoms with E-state index in [-0.39, 0.29) is 11.8 Å². The molecule has 0 bridgehead atoms. The standard InChI is InChI=1S/C19H30N4O2/c1-4-22(5-2)18(24)14-21-9-6-10-23(12-11-21)19(25)17-13-16(20)8-7-15(17)3/h7-8,13H,4-6,9-12,14,20H2,1-3H3. The smallest absolute Gasteiger partial charge is 0.254 e. The Labute approximate surface area is 150 Å². The van der Waals surface area contributed by atoms with Crippen LogP contribution >= 0.6 is 0 Å². The fraction of sp³-hybridized carbons (Fsp3) is 0.579. The third kappa shape index (κ3) is 4.95. The zero-order valence-corrected chi connectivity index (χ0v) is 15.6. The summed E-state index contributed by atoms with van der Waals surface area (Å²) in [4.78, 5) is 31.0. The number of amides is 2. The molecule has 0 unspecified atom stereocenters. The minimum atomic E-state index is 0.0294. The van der Waals surface area contributed by atoms with Crippen molar-refractivity contribution in [2.24, 2.45) is 0 Å². The average molecular weight is 346 g/mol. The van der Waals surface area contributed by atoms with Gasteiger partial charge in [0, 0.05) is 50.5 Å². The summed E-state index contributed by atoms with van der Waals surface area (Å²) in [6.07, 6.45) is 0.874. The number of carbonyl (C=O) groups excluding carboxylic acids is 2. The fourth-order valence-electron chi connectivity index (χ4n) is 3.24. The van der Waals surface area contributed by atoms with Crippen molar-refractivity contribution < 1.29 is 9.59 Å². The molecular formula is C19H30N4O2.